The van der Waals surface area contributed by atoms with Gasteiger partial charge in [0, 0.05) is 5.54 Å². The summed E-state index contributed by atoms with van der Waals surface area (Å²) in [6.45, 7) is 11.2. The van der Waals surface area contributed by atoms with Crippen LogP contribution in [-0.2, 0) is 9.57 Å². The summed E-state index contributed by atoms with van der Waals surface area (Å²) in [6.07, 6.45) is -0.117. The van der Waals surface area contributed by atoms with Crippen LogP contribution in [0.4, 0.5) is 0 Å². The highest BCUT2D eigenvalue weighted by Gasteiger charge is 2.52. The second kappa shape index (κ2) is 4.82. The maximum atomic E-state index is 6.03. The predicted octanol–water partition coefficient (Wildman–Crippen LogP) is 3.35. The number of nitrogens with zero attached hydrogens (tertiary/aromatic N) is 2. The molecule has 0 saturated carbocycles. The minimum Gasteiger partial charge on any atom is -0.476 e. The van der Waals surface area contributed by atoms with E-state index in [2.05, 4.69) is 63.9 Å². The van der Waals surface area contributed by atoms with E-state index in [9.17, 15) is 0 Å². The SMILES string of the molecule is CC1(C)COC([C@H]2ON(C(C)(C)C)[C@H]2c2ccccc2)=N1. The summed E-state index contributed by atoms with van der Waals surface area (Å²) in [5.74, 6) is 0.731. The molecule has 0 spiro atoms. The molecule has 1 aromatic rings. The van der Waals surface area contributed by atoms with Gasteiger partial charge in [0.15, 0.2) is 6.10 Å². The van der Waals surface area contributed by atoms with E-state index in [1.165, 1.54) is 5.56 Å². The minimum absolute atomic E-state index is 0.0638. The van der Waals surface area contributed by atoms with Crippen LogP contribution in [0.25, 0.3) is 0 Å². The highest BCUT2D eigenvalue weighted by Crippen LogP contribution is 2.43. The van der Waals surface area contributed by atoms with Crippen molar-refractivity contribution in [1.82, 2.24) is 5.06 Å². The molecule has 21 heavy (non-hydrogen) atoms. The van der Waals surface area contributed by atoms with Gasteiger partial charge in [0.1, 0.15) is 6.61 Å². The van der Waals surface area contributed by atoms with Crippen LogP contribution >= 0.6 is 0 Å². The Morgan fingerprint density at radius 3 is 2.38 bits per heavy atom. The Morgan fingerprint density at radius 1 is 1.19 bits per heavy atom. The van der Waals surface area contributed by atoms with Crippen molar-refractivity contribution in [2.24, 2.45) is 4.99 Å². The summed E-state index contributed by atoms with van der Waals surface area (Å²) >= 11 is 0. The van der Waals surface area contributed by atoms with Gasteiger partial charge >= 0.3 is 0 Å². The molecule has 114 valence electrons. The van der Waals surface area contributed by atoms with E-state index in [0.717, 1.165) is 5.90 Å². The molecule has 2 aliphatic rings. The second-order valence-electron chi connectivity index (χ2n) is 7.43. The Hall–Kier alpha value is -1.39. The summed E-state index contributed by atoms with van der Waals surface area (Å²) in [5, 5.41) is 2.05. The first-order valence-electron chi connectivity index (χ1n) is 7.52. The Morgan fingerprint density at radius 2 is 1.86 bits per heavy atom. The molecular weight excluding hydrogens is 264 g/mol. The number of benzene rings is 1. The first-order valence-corrected chi connectivity index (χ1v) is 7.52. The van der Waals surface area contributed by atoms with Gasteiger partial charge in [0.2, 0.25) is 5.90 Å². The number of rotatable bonds is 2. The lowest BCUT2D eigenvalue weighted by Gasteiger charge is -2.52. The van der Waals surface area contributed by atoms with Crippen molar-refractivity contribution in [3.8, 4) is 0 Å². The monoisotopic (exact) mass is 288 g/mol. The largest absolute Gasteiger partial charge is 0.476 e. The zero-order chi connectivity index (χ0) is 15.3. The smallest absolute Gasteiger partial charge is 0.218 e. The topological polar surface area (TPSA) is 34.1 Å². The first kappa shape index (κ1) is 14.5. The average Bonchev–Trinajstić information content (AvgIpc) is 2.67. The molecule has 0 unspecified atom stereocenters. The van der Waals surface area contributed by atoms with Crippen LogP contribution < -0.4 is 0 Å². The quantitative estimate of drug-likeness (QED) is 0.837. The average molecular weight is 288 g/mol. The van der Waals surface area contributed by atoms with Gasteiger partial charge in [0.05, 0.1) is 11.6 Å². The van der Waals surface area contributed by atoms with Crippen molar-refractivity contribution in [3.05, 3.63) is 35.9 Å². The molecule has 0 aliphatic carbocycles. The van der Waals surface area contributed by atoms with Crippen LogP contribution in [0, 0.1) is 0 Å². The zero-order valence-corrected chi connectivity index (χ0v) is 13.5. The highest BCUT2D eigenvalue weighted by molar-refractivity contribution is 5.84. The summed E-state index contributed by atoms with van der Waals surface area (Å²) in [5.41, 5.74) is 1.02. The molecule has 0 bridgehead atoms. The lowest BCUT2D eigenvalue weighted by molar-refractivity contribution is -0.358. The fourth-order valence-corrected chi connectivity index (χ4v) is 2.78. The van der Waals surface area contributed by atoms with Crippen molar-refractivity contribution in [2.75, 3.05) is 6.61 Å². The van der Waals surface area contributed by atoms with Gasteiger partial charge < -0.3 is 4.74 Å². The van der Waals surface area contributed by atoms with Crippen LogP contribution in [0.5, 0.6) is 0 Å². The number of hydrogen-bond acceptors (Lipinski definition) is 4. The molecular formula is C17H24N2O2. The summed E-state index contributed by atoms with van der Waals surface area (Å²) in [7, 11) is 0. The fourth-order valence-electron chi connectivity index (χ4n) is 2.78. The van der Waals surface area contributed by atoms with Gasteiger partial charge in [-0.15, -0.1) is 0 Å². The van der Waals surface area contributed by atoms with E-state index in [4.69, 9.17) is 9.57 Å². The van der Waals surface area contributed by atoms with Crippen LogP contribution in [0.15, 0.2) is 35.3 Å². The van der Waals surface area contributed by atoms with Crippen molar-refractivity contribution in [3.63, 3.8) is 0 Å². The Balaban J connectivity index is 1.89. The van der Waals surface area contributed by atoms with Gasteiger partial charge in [0.25, 0.3) is 0 Å². The maximum Gasteiger partial charge on any atom is 0.218 e. The predicted molar refractivity (Wildman–Crippen MR) is 83.1 cm³/mol. The molecule has 1 aromatic carbocycles. The van der Waals surface area contributed by atoms with Gasteiger partial charge in [-0.3, -0.25) is 4.84 Å². The van der Waals surface area contributed by atoms with Crippen molar-refractivity contribution < 1.29 is 9.57 Å². The van der Waals surface area contributed by atoms with Gasteiger partial charge in [-0.1, -0.05) is 30.3 Å². The minimum atomic E-state index is -0.151. The number of hydrogen-bond donors (Lipinski definition) is 0. The van der Waals surface area contributed by atoms with E-state index in [-0.39, 0.29) is 23.2 Å². The molecule has 2 aliphatic heterocycles. The first-order chi connectivity index (χ1) is 9.78. The van der Waals surface area contributed by atoms with E-state index in [0.29, 0.717) is 6.61 Å². The van der Waals surface area contributed by atoms with Crippen LogP contribution in [-0.4, -0.2) is 34.7 Å². The molecule has 0 amide bonds. The third-order valence-corrected chi connectivity index (χ3v) is 3.80. The summed E-state index contributed by atoms with van der Waals surface area (Å²) in [6, 6.07) is 10.6. The second-order valence-corrected chi connectivity index (χ2v) is 7.43. The van der Waals surface area contributed by atoms with Crippen LogP contribution in [0.3, 0.4) is 0 Å². The van der Waals surface area contributed by atoms with Gasteiger partial charge in [-0.2, -0.15) is 5.06 Å². The third-order valence-electron chi connectivity index (χ3n) is 3.80. The fraction of sp³-hybridized carbons (Fsp3) is 0.588. The standard InChI is InChI=1S/C17H24N2O2/c1-16(2,3)19-13(12-9-7-6-8-10-12)14(21-19)15-18-17(4,5)11-20-15/h6-10,13-14H,11H2,1-5H3/t13-,14-/m0/s1. The van der Waals surface area contributed by atoms with E-state index in [1.807, 2.05) is 11.1 Å². The van der Waals surface area contributed by atoms with Crippen molar-refractivity contribution in [1.29, 1.82) is 0 Å². The normalized spacial score (nSPS) is 28.7. The number of hydroxylamine groups is 2. The van der Waals surface area contributed by atoms with Gasteiger partial charge in [-0.25, -0.2) is 4.99 Å². The van der Waals surface area contributed by atoms with Gasteiger partial charge in [-0.05, 0) is 40.2 Å². The van der Waals surface area contributed by atoms with E-state index in [1.54, 1.807) is 0 Å². The highest BCUT2D eigenvalue weighted by atomic mass is 16.7. The molecule has 3 rings (SSSR count). The molecule has 0 N–H and O–H groups in total. The van der Waals surface area contributed by atoms with E-state index < -0.39 is 0 Å². The molecule has 4 heteroatoms. The Bertz CT molecular complexity index is 546. The lowest BCUT2D eigenvalue weighted by Crippen LogP contribution is -2.61. The van der Waals surface area contributed by atoms with Crippen molar-refractivity contribution in [2.45, 2.75) is 57.8 Å². The molecule has 4 nitrogen and oxygen atoms in total. The third kappa shape index (κ3) is 2.70. The Labute approximate surface area is 126 Å². The molecule has 1 fully saturated rings. The molecule has 0 radical (unpaired) electrons. The molecule has 2 heterocycles. The number of ether oxygens (including phenoxy) is 1. The number of aliphatic imine (C=N–C) groups is 1. The van der Waals surface area contributed by atoms with Crippen LogP contribution in [0.1, 0.15) is 46.2 Å². The zero-order valence-electron chi connectivity index (χ0n) is 13.5. The Kier molecular flexibility index (Phi) is 3.34. The maximum absolute atomic E-state index is 6.03. The van der Waals surface area contributed by atoms with Crippen LogP contribution in [0.2, 0.25) is 0 Å². The van der Waals surface area contributed by atoms with E-state index >= 15 is 0 Å². The molecule has 1 saturated heterocycles. The molecule has 2 atom stereocenters. The molecule has 0 aromatic heterocycles. The lowest BCUT2D eigenvalue weighted by atomic mass is 9.93. The summed E-state index contributed by atoms with van der Waals surface area (Å²) < 4.78 is 5.78. The van der Waals surface area contributed by atoms with Crippen molar-refractivity contribution >= 4 is 5.90 Å². The summed E-state index contributed by atoms with van der Waals surface area (Å²) in [4.78, 5) is 10.7.